The van der Waals surface area contributed by atoms with E-state index in [2.05, 4.69) is 74.5 Å². The summed E-state index contributed by atoms with van der Waals surface area (Å²) in [6.07, 6.45) is 10.6. The fourth-order valence-corrected chi connectivity index (χ4v) is 5.22. The van der Waals surface area contributed by atoms with Crippen LogP contribution in [0.2, 0.25) is 0 Å². The lowest BCUT2D eigenvalue weighted by molar-refractivity contribution is 0.340. The van der Waals surface area contributed by atoms with Gasteiger partial charge in [-0.05, 0) is 61.5 Å². The molecule has 148 valence electrons. The first-order chi connectivity index (χ1) is 14.3. The van der Waals surface area contributed by atoms with Crippen molar-refractivity contribution in [3.63, 3.8) is 0 Å². The molecule has 3 aromatic rings. The minimum absolute atomic E-state index is 0.0150. The Hall–Kier alpha value is -2.66. The van der Waals surface area contributed by atoms with Crippen LogP contribution in [0.15, 0.2) is 73.1 Å². The predicted molar refractivity (Wildman–Crippen MR) is 121 cm³/mol. The average molecular weight is 403 g/mol. The Morgan fingerprint density at radius 1 is 0.897 bits per heavy atom. The van der Waals surface area contributed by atoms with E-state index in [0.717, 1.165) is 16.5 Å². The first kappa shape index (κ1) is 18.4. The third kappa shape index (κ3) is 3.44. The van der Waals surface area contributed by atoms with Crippen molar-refractivity contribution in [3.8, 4) is 0 Å². The fraction of sp³-hybridized carbons (Fsp3) is 0.333. The van der Waals surface area contributed by atoms with Gasteiger partial charge >= 0.3 is 0 Å². The summed E-state index contributed by atoms with van der Waals surface area (Å²) >= 11 is 5.83. The molecule has 0 bridgehead atoms. The summed E-state index contributed by atoms with van der Waals surface area (Å²) in [6, 6.07) is 21.7. The van der Waals surface area contributed by atoms with Gasteiger partial charge in [-0.1, -0.05) is 43.5 Å². The van der Waals surface area contributed by atoms with Crippen molar-refractivity contribution in [2.75, 3.05) is 4.90 Å². The Kier molecular flexibility index (Phi) is 5.06. The van der Waals surface area contributed by atoms with Crippen LogP contribution in [0.3, 0.4) is 0 Å². The van der Waals surface area contributed by atoms with E-state index in [1.807, 2.05) is 18.3 Å². The number of hydrogen-bond donors (Lipinski definition) is 1. The molecule has 1 aliphatic carbocycles. The van der Waals surface area contributed by atoms with Gasteiger partial charge in [0.1, 0.15) is 6.04 Å². The number of para-hydroxylation sites is 1. The number of rotatable bonds is 4. The molecule has 0 amide bonds. The summed E-state index contributed by atoms with van der Waals surface area (Å²) in [5.41, 5.74) is 3.45. The van der Waals surface area contributed by atoms with Gasteiger partial charge < -0.3 is 14.8 Å². The van der Waals surface area contributed by atoms with E-state index >= 15 is 0 Å². The first-order valence-electron chi connectivity index (χ1n) is 10.6. The lowest BCUT2D eigenvalue weighted by Crippen LogP contribution is -2.31. The summed E-state index contributed by atoms with van der Waals surface area (Å²) < 4.78 is 2.51. The van der Waals surface area contributed by atoms with E-state index in [4.69, 9.17) is 12.2 Å². The molecule has 1 saturated carbocycles. The molecule has 5 heteroatoms. The molecule has 29 heavy (non-hydrogen) atoms. The monoisotopic (exact) mass is 402 g/mol. The Morgan fingerprint density at radius 3 is 2.45 bits per heavy atom. The van der Waals surface area contributed by atoms with E-state index in [9.17, 15) is 0 Å². The highest BCUT2D eigenvalue weighted by Crippen LogP contribution is 2.43. The zero-order chi connectivity index (χ0) is 19.6. The van der Waals surface area contributed by atoms with Crippen molar-refractivity contribution in [2.45, 2.75) is 50.2 Å². The zero-order valence-electron chi connectivity index (χ0n) is 16.4. The van der Waals surface area contributed by atoms with Gasteiger partial charge in [0, 0.05) is 29.8 Å². The van der Waals surface area contributed by atoms with Crippen LogP contribution >= 0.6 is 12.2 Å². The standard InChI is InChI=1S/C24H26N4S/c29-24-26-22(20-14-7-8-16-25-20)23(28(24)19-12-5-2-6-13-19)21-15-9-17-27(21)18-10-3-1-4-11-18/h2,5-9,12-18,22-23H,1,3-4,10-11H2,(H,26,29)/t22-,23-/m0/s1. The molecule has 1 aromatic carbocycles. The van der Waals surface area contributed by atoms with Crippen LogP contribution < -0.4 is 10.2 Å². The highest BCUT2D eigenvalue weighted by molar-refractivity contribution is 7.80. The van der Waals surface area contributed by atoms with Gasteiger partial charge in [-0.2, -0.15) is 0 Å². The van der Waals surface area contributed by atoms with Crippen molar-refractivity contribution in [1.29, 1.82) is 0 Å². The molecule has 0 unspecified atom stereocenters. The third-order valence-electron chi connectivity index (χ3n) is 6.22. The molecule has 2 atom stereocenters. The van der Waals surface area contributed by atoms with E-state index in [1.54, 1.807) is 0 Å². The van der Waals surface area contributed by atoms with Gasteiger partial charge in [0.05, 0.1) is 11.7 Å². The van der Waals surface area contributed by atoms with Crippen LogP contribution in [0.5, 0.6) is 0 Å². The van der Waals surface area contributed by atoms with E-state index < -0.39 is 0 Å². The van der Waals surface area contributed by atoms with Crippen LogP contribution in [-0.2, 0) is 0 Å². The van der Waals surface area contributed by atoms with Gasteiger partial charge in [0.15, 0.2) is 5.11 Å². The van der Waals surface area contributed by atoms with Crippen LogP contribution in [-0.4, -0.2) is 14.7 Å². The van der Waals surface area contributed by atoms with Crippen LogP contribution in [0, 0.1) is 0 Å². The molecule has 5 rings (SSSR count). The Labute approximate surface area is 177 Å². The Morgan fingerprint density at radius 2 is 1.69 bits per heavy atom. The first-order valence-corrected chi connectivity index (χ1v) is 11.0. The Bertz CT molecular complexity index is 963. The summed E-state index contributed by atoms with van der Waals surface area (Å²) in [7, 11) is 0. The van der Waals surface area contributed by atoms with Crippen LogP contribution in [0.1, 0.15) is 61.6 Å². The van der Waals surface area contributed by atoms with Gasteiger partial charge in [0.25, 0.3) is 0 Å². The van der Waals surface area contributed by atoms with Crippen molar-refractivity contribution in [2.24, 2.45) is 0 Å². The largest absolute Gasteiger partial charge is 0.351 e. The fourth-order valence-electron chi connectivity index (χ4n) is 4.87. The molecule has 3 heterocycles. The molecule has 2 fully saturated rings. The molecular formula is C24H26N4S. The normalized spacial score (nSPS) is 22.6. The quantitative estimate of drug-likeness (QED) is 0.579. The highest BCUT2D eigenvalue weighted by Gasteiger charge is 2.42. The average Bonchev–Trinajstić information content (AvgIpc) is 3.40. The number of nitrogens with zero attached hydrogens (tertiary/aromatic N) is 3. The maximum atomic E-state index is 5.83. The van der Waals surface area contributed by atoms with E-state index in [1.165, 1.54) is 37.8 Å². The van der Waals surface area contributed by atoms with Crippen molar-refractivity contribution >= 4 is 23.0 Å². The smallest absolute Gasteiger partial charge is 0.174 e. The van der Waals surface area contributed by atoms with Gasteiger partial charge in [-0.15, -0.1) is 0 Å². The molecule has 0 spiro atoms. The second-order valence-electron chi connectivity index (χ2n) is 7.96. The SMILES string of the molecule is S=C1N[C@@H](c2ccccn2)[C@H](c2cccn2C2CCCCC2)N1c1ccccc1. The third-order valence-corrected chi connectivity index (χ3v) is 6.53. The second-order valence-corrected chi connectivity index (χ2v) is 8.35. The maximum absolute atomic E-state index is 5.83. The summed E-state index contributed by atoms with van der Waals surface area (Å²) in [5, 5.41) is 4.33. The topological polar surface area (TPSA) is 33.1 Å². The lowest BCUT2D eigenvalue weighted by atomic mass is 9.94. The zero-order valence-corrected chi connectivity index (χ0v) is 17.3. The van der Waals surface area contributed by atoms with Crippen LogP contribution in [0.4, 0.5) is 5.69 Å². The summed E-state index contributed by atoms with van der Waals surface area (Å²) in [4.78, 5) is 6.93. The minimum Gasteiger partial charge on any atom is -0.351 e. The number of anilines is 1. The van der Waals surface area contributed by atoms with Gasteiger partial charge in [-0.25, -0.2) is 0 Å². The highest BCUT2D eigenvalue weighted by atomic mass is 32.1. The molecule has 0 radical (unpaired) electrons. The number of thiocarbonyl (C=S) groups is 1. The number of pyridine rings is 1. The summed E-state index contributed by atoms with van der Waals surface area (Å²) in [5.74, 6) is 0. The van der Waals surface area contributed by atoms with Crippen molar-refractivity contribution < 1.29 is 0 Å². The Balaban J connectivity index is 1.61. The van der Waals surface area contributed by atoms with E-state index in [-0.39, 0.29) is 12.1 Å². The number of hydrogen-bond acceptors (Lipinski definition) is 2. The molecule has 1 N–H and O–H groups in total. The van der Waals surface area contributed by atoms with E-state index in [0.29, 0.717) is 6.04 Å². The molecule has 2 aliphatic rings. The molecule has 4 nitrogen and oxygen atoms in total. The van der Waals surface area contributed by atoms with Crippen molar-refractivity contribution in [3.05, 3.63) is 84.4 Å². The lowest BCUT2D eigenvalue weighted by Gasteiger charge is -2.32. The second kappa shape index (κ2) is 7.99. The predicted octanol–water partition coefficient (Wildman–Crippen LogP) is 5.57. The van der Waals surface area contributed by atoms with Crippen LogP contribution in [0.25, 0.3) is 0 Å². The number of benzene rings is 1. The van der Waals surface area contributed by atoms with Crippen molar-refractivity contribution in [1.82, 2.24) is 14.9 Å². The molecule has 2 aromatic heterocycles. The summed E-state index contributed by atoms with van der Waals surface area (Å²) in [6.45, 7) is 0. The maximum Gasteiger partial charge on any atom is 0.174 e. The van der Waals surface area contributed by atoms with Gasteiger partial charge in [-0.3, -0.25) is 4.98 Å². The molecule has 1 saturated heterocycles. The molecular weight excluding hydrogens is 376 g/mol. The number of aromatic nitrogens is 2. The number of nitrogens with one attached hydrogen (secondary N) is 1. The minimum atomic E-state index is 0.0150. The molecule has 1 aliphatic heterocycles. The van der Waals surface area contributed by atoms with Gasteiger partial charge in [0.2, 0.25) is 0 Å².